The number of aromatic nitrogens is 2. The molecule has 0 saturated carbocycles. The summed E-state index contributed by atoms with van der Waals surface area (Å²) in [5, 5.41) is 14.2. The molecule has 0 aliphatic carbocycles. The Kier molecular flexibility index (Phi) is 3.44. The van der Waals surface area contributed by atoms with Crippen LogP contribution >= 0.6 is 0 Å². The van der Waals surface area contributed by atoms with Gasteiger partial charge in [0.2, 0.25) is 5.82 Å². The molecule has 7 heteroatoms. The Morgan fingerprint density at radius 3 is 2.75 bits per heavy atom. The van der Waals surface area contributed by atoms with Gasteiger partial charge >= 0.3 is 11.2 Å². The number of fused-ring (bicyclic) bond motifs is 1. The van der Waals surface area contributed by atoms with E-state index in [1.165, 1.54) is 10.6 Å². The molecule has 0 amide bonds. The predicted octanol–water partition coefficient (Wildman–Crippen LogP) is 2.20. The molecule has 0 aliphatic heterocycles. The molecule has 0 radical (unpaired) electrons. The number of pyridine rings is 1. The lowest BCUT2D eigenvalue weighted by molar-refractivity contribution is -0.385. The SMILES string of the molecule is CCC(C)(C)Nc1nc2ccccn2c(=O)c1[N+](=O)[O-]. The van der Waals surface area contributed by atoms with Crippen LogP contribution < -0.4 is 10.9 Å². The zero-order valence-corrected chi connectivity index (χ0v) is 11.6. The largest absolute Gasteiger partial charge is 0.376 e. The van der Waals surface area contributed by atoms with Gasteiger partial charge < -0.3 is 5.32 Å². The Morgan fingerprint density at radius 1 is 1.45 bits per heavy atom. The van der Waals surface area contributed by atoms with Crippen LogP contribution in [0.4, 0.5) is 11.5 Å². The van der Waals surface area contributed by atoms with Gasteiger partial charge in [-0.25, -0.2) is 4.98 Å². The second-order valence-corrected chi connectivity index (χ2v) is 5.16. The van der Waals surface area contributed by atoms with Crippen LogP contribution in [0.25, 0.3) is 5.65 Å². The lowest BCUT2D eigenvalue weighted by Gasteiger charge is -2.24. The van der Waals surface area contributed by atoms with Crippen LogP contribution in [0.5, 0.6) is 0 Å². The van der Waals surface area contributed by atoms with Gasteiger partial charge in [0.25, 0.3) is 0 Å². The molecule has 106 valence electrons. The van der Waals surface area contributed by atoms with Crippen molar-refractivity contribution in [2.45, 2.75) is 32.7 Å². The molecular weight excluding hydrogens is 260 g/mol. The van der Waals surface area contributed by atoms with E-state index in [2.05, 4.69) is 10.3 Å². The van der Waals surface area contributed by atoms with Crippen molar-refractivity contribution in [2.75, 3.05) is 5.32 Å². The molecule has 0 atom stereocenters. The standard InChI is InChI=1S/C13H16N4O3/c1-4-13(2,3)15-11-10(17(19)20)12(18)16-8-6-5-7-9(16)14-11/h5-8,15H,4H2,1-3H3. The number of anilines is 1. The Labute approximate surface area is 115 Å². The Bertz CT molecular complexity index is 721. The highest BCUT2D eigenvalue weighted by atomic mass is 16.6. The molecule has 7 nitrogen and oxygen atoms in total. The van der Waals surface area contributed by atoms with Crippen molar-refractivity contribution >= 4 is 17.2 Å². The van der Waals surface area contributed by atoms with E-state index in [9.17, 15) is 14.9 Å². The fourth-order valence-corrected chi connectivity index (χ4v) is 1.74. The average molecular weight is 276 g/mol. The molecule has 1 N–H and O–H groups in total. The quantitative estimate of drug-likeness (QED) is 0.683. The van der Waals surface area contributed by atoms with E-state index in [1.54, 1.807) is 18.2 Å². The van der Waals surface area contributed by atoms with Gasteiger partial charge in [-0.05, 0) is 32.4 Å². The van der Waals surface area contributed by atoms with Gasteiger partial charge in [0, 0.05) is 11.7 Å². The van der Waals surface area contributed by atoms with Gasteiger partial charge in [-0.2, -0.15) is 0 Å². The zero-order valence-electron chi connectivity index (χ0n) is 11.6. The number of hydrogen-bond donors (Lipinski definition) is 1. The normalized spacial score (nSPS) is 11.6. The maximum atomic E-state index is 12.2. The van der Waals surface area contributed by atoms with E-state index in [0.29, 0.717) is 5.65 Å². The fourth-order valence-electron chi connectivity index (χ4n) is 1.74. The molecule has 2 heterocycles. The summed E-state index contributed by atoms with van der Waals surface area (Å²) in [5.74, 6) is 0.0121. The first-order valence-electron chi connectivity index (χ1n) is 6.29. The van der Waals surface area contributed by atoms with Crippen LogP contribution in [0, 0.1) is 10.1 Å². The van der Waals surface area contributed by atoms with E-state index >= 15 is 0 Å². The van der Waals surface area contributed by atoms with Gasteiger partial charge in [0.05, 0.1) is 4.92 Å². The summed E-state index contributed by atoms with van der Waals surface area (Å²) in [5.41, 5.74) is -1.24. The molecule has 0 fully saturated rings. The maximum Gasteiger partial charge on any atom is 0.376 e. The van der Waals surface area contributed by atoms with E-state index < -0.39 is 21.7 Å². The average Bonchev–Trinajstić information content (AvgIpc) is 2.38. The third-order valence-electron chi connectivity index (χ3n) is 3.23. The molecule has 2 aromatic heterocycles. The summed E-state index contributed by atoms with van der Waals surface area (Å²) in [6.07, 6.45) is 2.20. The van der Waals surface area contributed by atoms with Crippen molar-refractivity contribution < 1.29 is 4.92 Å². The summed E-state index contributed by atoms with van der Waals surface area (Å²) in [6.45, 7) is 5.74. The zero-order chi connectivity index (χ0) is 14.9. The van der Waals surface area contributed by atoms with Crippen LogP contribution in [0.3, 0.4) is 0 Å². The lowest BCUT2D eigenvalue weighted by Crippen LogP contribution is -2.32. The topological polar surface area (TPSA) is 89.5 Å². The molecule has 0 bridgehead atoms. The first-order chi connectivity index (χ1) is 9.35. The maximum absolute atomic E-state index is 12.2. The van der Waals surface area contributed by atoms with Crippen molar-refractivity contribution in [3.8, 4) is 0 Å². The molecule has 0 spiro atoms. The van der Waals surface area contributed by atoms with Gasteiger partial charge in [0.15, 0.2) is 0 Å². The third kappa shape index (κ3) is 2.47. The molecule has 0 aromatic carbocycles. The highest BCUT2D eigenvalue weighted by Crippen LogP contribution is 2.23. The molecule has 2 aromatic rings. The van der Waals surface area contributed by atoms with Crippen molar-refractivity contribution in [3.05, 3.63) is 44.9 Å². The first-order valence-corrected chi connectivity index (χ1v) is 6.29. The monoisotopic (exact) mass is 276 g/mol. The van der Waals surface area contributed by atoms with Crippen molar-refractivity contribution in [3.63, 3.8) is 0 Å². The van der Waals surface area contributed by atoms with Crippen molar-refractivity contribution in [1.29, 1.82) is 0 Å². The number of rotatable bonds is 4. The summed E-state index contributed by atoms with van der Waals surface area (Å²) in [4.78, 5) is 26.9. The second-order valence-electron chi connectivity index (χ2n) is 5.16. The number of nitrogens with one attached hydrogen (secondary N) is 1. The summed E-state index contributed by atoms with van der Waals surface area (Å²) < 4.78 is 1.17. The minimum absolute atomic E-state index is 0.0121. The van der Waals surface area contributed by atoms with Gasteiger partial charge in [0.1, 0.15) is 5.65 Å². The molecule has 0 aliphatic rings. The number of hydrogen-bond acceptors (Lipinski definition) is 5. The lowest BCUT2D eigenvalue weighted by atomic mass is 10.0. The Balaban J connectivity index is 2.72. The van der Waals surface area contributed by atoms with E-state index in [0.717, 1.165) is 6.42 Å². The van der Waals surface area contributed by atoms with Gasteiger partial charge in [-0.15, -0.1) is 0 Å². The van der Waals surface area contributed by atoms with E-state index in [1.807, 2.05) is 20.8 Å². The predicted molar refractivity (Wildman–Crippen MR) is 76.1 cm³/mol. The molecule has 0 unspecified atom stereocenters. The van der Waals surface area contributed by atoms with Crippen LogP contribution in [-0.4, -0.2) is 19.8 Å². The summed E-state index contributed by atoms with van der Waals surface area (Å²) >= 11 is 0. The minimum Gasteiger partial charge on any atom is -0.359 e. The van der Waals surface area contributed by atoms with E-state index in [-0.39, 0.29) is 5.82 Å². The van der Waals surface area contributed by atoms with Crippen molar-refractivity contribution in [1.82, 2.24) is 9.38 Å². The van der Waals surface area contributed by atoms with Crippen LogP contribution in [-0.2, 0) is 0 Å². The smallest absolute Gasteiger partial charge is 0.359 e. The Hall–Kier alpha value is -2.44. The molecule has 2 rings (SSSR count). The number of nitro groups is 1. The van der Waals surface area contributed by atoms with Crippen LogP contribution in [0.2, 0.25) is 0 Å². The highest BCUT2D eigenvalue weighted by molar-refractivity contribution is 5.60. The highest BCUT2D eigenvalue weighted by Gasteiger charge is 2.27. The molecule has 20 heavy (non-hydrogen) atoms. The minimum atomic E-state index is -0.692. The molecular formula is C13H16N4O3. The summed E-state index contributed by atoms with van der Waals surface area (Å²) in [7, 11) is 0. The number of nitrogens with zero attached hydrogens (tertiary/aromatic N) is 3. The first kappa shape index (κ1) is 14.0. The fraction of sp³-hybridized carbons (Fsp3) is 0.385. The third-order valence-corrected chi connectivity index (χ3v) is 3.23. The van der Waals surface area contributed by atoms with E-state index in [4.69, 9.17) is 0 Å². The second kappa shape index (κ2) is 4.92. The Morgan fingerprint density at radius 2 is 2.15 bits per heavy atom. The van der Waals surface area contributed by atoms with Gasteiger partial charge in [-0.3, -0.25) is 19.3 Å². The molecule has 0 saturated heterocycles. The van der Waals surface area contributed by atoms with Crippen LogP contribution in [0.1, 0.15) is 27.2 Å². The van der Waals surface area contributed by atoms with Gasteiger partial charge in [-0.1, -0.05) is 13.0 Å². The van der Waals surface area contributed by atoms with Crippen LogP contribution in [0.15, 0.2) is 29.2 Å². The van der Waals surface area contributed by atoms with Crippen molar-refractivity contribution in [2.24, 2.45) is 0 Å². The summed E-state index contributed by atoms with van der Waals surface area (Å²) in [6, 6.07) is 4.99.